The number of methoxy groups -OCH3 is 1. The van der Waals surface area contributed by atoms with E-state index in [1.165, 1.54) is 0 Å². The second kappa shape index (κ2) is 8.02. The van der Waals surface area contributed by atoms with Gasteiger partial charge in [-0.3, -0.25) is 14.5 Å². The molecule has 0 aromatic rings. The largest absolute Gasteiger partial charge is 0.480 e. The van der Waals surface area contributed by atoms with Crippen molar-refractivity contribution < 1.29 is 19.4 Å². The highest BCUT2D eigenvalue weighted by molar-refractivity contribution is 5.80. The third kappa shape index (κ3) is 4.99. The SMILES string of the molecule is COCCCNC(=O)CN1CCNCC1C(=O)O. The number of aliphatic carboxylic acids is 1. The van der Waals surface area contributed by atoms with Crippen molar-refractivity contribution >= 4 is 11.9 Å². The number of rotatable bonds is 7. The van der Waals surface area contributed by atoms with Gasteiger partial charge in [0.25, 0.3) is 0 Å². The molecule has 1 unspecified atom stereocenters. The van der Waals surface area contributed by atoms with Crippen LogP contribution in [0.3, 0.4) is 0 Å². The van der Waals surface area contributed by atoms with E-state index in [0.717, 1.165) is 6.42 Å². The molecule has 1 amide bonds. The second-order valence-corrected chi connectivity index (χ2v) is 4.22. The maximum atomic E-state index is 11.6. The van der Waals surface area contributed by atoms with Crippen LogP contribution in [0.2, 0.25) is 0 Å². The molecule has 1 fully saturated rings. The Balaban J connectivity index is 2.30. The summed E-state index contributed by atoms with van der Waals surface area (Å²) in [4.78, 5) is 24.3. The number of carboxylic acids is 1. The van der Waals surface area contributed by atoms with E-state index in [1.54, 1.807) is 12.0 Å². The first-order chi connectivity index (χ1) is 8.65. The van der Waals surface area contributed by atoms with Crippen LogP contribution in [0.5, 0.6) is 0 Å². The van der Waals surface area contributed by atoms with E-state index in [-0.39, 0.29) is 12.5 Å². The Labute approximate surface area is 106 Å². The van der Waals surface area contributed by atoms with Crippen LogP contribution in [0.4, 0.5) is 0 Å². The van der Waals surface area contributed by atoms with Gasteiger partial charge in [-0.25, -0.2) is 0 Å². The van der Waals surface area contributed by atoms with Gasteiger partial charge in [-0.05, 0) is 6.42 Å². The summed E-state index contributed by atoms with van der Waals surface area (Å²) in [5, 5.41) is 14.8. The van der Waals surface area contributed by atoms with Gasteiger partial charge in [0.2, 0.25) is 5.91 Å². The van der Waals surface area contributed by atoms with Crippen LogP contribution >= 0.6 is 0 Å². The number of carbonyl (C=O) groups is 2. The number of hydrogen-bond acceptors (Lipinski definition) is 5. The molecule has 0 aromatic heterocycles. The van der Waals surface area contributed by atoms with E-state index in [1.807, 2.05) is 0 Å². The molecule has 18 heavy (non-hydrogen) atoms. The highest BCUT2D eigenvalue weighted by Crippen LogP contribution is 2.02. The molecule has 0 spiro atoms. The lowest BCUT2D eigenvalue weighted by molar-refractivity contribution is -0.144. The molecule has 1 saturated heterocycles. The molecule has 0 bridgehead atoms. The average molecular weight is 259 g/mol. The lowest BCUT2D eigenvalue weighted by Gasteiger charge is -2.32. The number of carboxylic acid groups (broad SMARTS) is 1. The fourth-order valence-corrected chi connectivity index (χ4v) is 1.86. The second-order valence-electron chi connectivity index (χ2n) is 4.22. The van der Waals surface area contributed by atoms with Crippen LogP contribution in [0.25, 0.3) is 0 Å². The molecule has 0 saturated carbocycles. The summed E-state index contributed by atoms with van der Waals surface area (Å²) in [5.74, 6) is -1.03. The van der Waals surface area contributed by atoms with Crippen LogP contribution < -0.4 is 10.6 Å². The van der Waals surface area contributed by atoms with Crippen molar-refractivity contribution in [1.29, 1.82) is 0 Å². The standard InChI is InChI=1S/C11H21N3O4/c1-18-6-2-3-13-10(15)8-14-5-4-12-7-9(14)11(16)17/h9,12H,2-8H2,1H3,(H,13,15)(H,16,17). The fraction of sp³-hybridized carbons (Fsp3) is 0.818. The van der Waals surface area contributed by atoms with Crippen molar-refractivity contribution in [3.8, 4) is 0 Å². The number of piperazine rings is 1. The van der Waals surface area contributed by atoms with Crippen molar-refractivity contribution in [3.63, 3.8) is 0 Å². The Bertz CT molecular complexity index is 285. The highest BCUT2D eigenvalue weighted by Gasteiger charge is 2.29. The molecule has 7 nitrogen and oxygen atoms in total. The van der Waals surface area contributed by atoms with Crippen LogP contribution in [-0.4, -0.2) is 74.4 Å². The molecular formula is C11H21N3O4. The van der Waals surface area contributed by atoms with Gasteiger partial charge in [-0.15, -0.1) is 0 Å². The Morgan fingerprint density at radius 2 is 2.33 bits per heavy atom. The van der Waals surface area contributed by atoms with E-state index in [9.17, 15) is 9.59 Å². The molecule has 1 rings (SSSR count). The van der Waals surface area contributed by atoms with Crippen molar-refractivity contribution in [2.75, 3.05) is 46.4 Å². The number of amides is 1. The predicted octanol–water partition coefficient (Wildman–Crippen LogP) is -1.50. The zero-order chi connectivity index (χ0) is 13.4. The van der Waals surface area contributed by atoms with Gasteiger partial charge in [0.05, 0.1) is 6.54 Å². The fourth-order valence-electron chi connectivity index (χ4n) is 1.86. The number of carbonyl (C=O) groups excluding carboxylic acids is 1. The van der Waals surface area contributed by atoms with E-state index in [4.69, 9.17) is 9.84 Å². The summed E-state index contributed by atoms with van der Waals surface area (Å²) < 4.78 is 4.87. The molecule has 104 valence electrons. The summed E-state index contributed by atoms with van der Waals surface area (Å²) in [7, 11) is 1.61. The van der Waals surface area contributed by atoms with Gasteiger partial charge in [0, 0.05) is 39.9 Å². The first kappa shape index (κ1) is 14.9. The van der Waals surface area contributed by atoms with E-state index >= 15 is 0 Å². The van der Waals surface area contributed by atoms with Gasteiger partial charge in [0.1, 0.15) is 6.04 Å². The number of hydrogen-bond donors (Lipinski definition) is 3. The minimum absolute atomic E-state index is 0.131. The van der Waals surface area contributed by atoms with Crippen LogP contribution in [0, 0.1) is 0 Å². The Kier molecular flexibility index (Phi) is 6.63. The quantitative estimate of drug-likeness (QED) is 0.482. The van der Waals surface area contributed by atoms with E-state index in [0.29, 0.717) is 32.8 Å². The molecule has 1 aliphatic heterocycles. The maximum absolute atomic E-state index is 11.6. The van der Waals surface area contributed by atoms with Gasteiger partial charge < -0.3 is 20.5 Å². The normalized spacial score (nSPS) is 20.6. The molecule has 0 aliphatic carbocycles. The summed E-state index contributed by atoms with van der Waals surface area (Å²) >= 11 is 0. The average Bonchev–Trinajstić information content (AvgIpc) is 2.35. The molecule has 7 heteroatoms. The summed E-state index contributed by atoms with van der Waals surface area (Å²) in [5.41, 5.74) is 0. The topological polar surface area (TPSA) is 90.9 Å². The summed E-state index contributed by atoms with van der Waals surface area (Å²) in [6, 6.07) is -0.622. The zero-order valence-electron chi connectivity index (χ0n) is 10.6. The molecule has 0 radical (unpaired) electrons. The molecule has 1 aliphatic rings. The molecule has 1 heterocycles. The molecular weight excluding hydrogens is 238 g/mol. The monoisotopic (exact) mass is 259 g/mol. The lowest BCUT2D eigenvalue weighted by atomic mass is 10.2. The minimum atomic E-state index is -0.894. The summed E-state index contributed by atoms with van der Waals surface area (Å²) in [6.07, 6.45) is 0.756. The molecule has 0 aromatic carbocycles. The Morgan fingerprint density at radius 1 is 1.56 bits per heavy atom. The van der Waals surface area contributed by atoms with Crippen LogP contribution in [-0.2, 0) is 14.3 Å². The summed E-state index contributed by atoms with van der Waals surface area (Å²) in [6.45, 7) is 2.95. The third-order valence-corrected chi connectivity index (χ3v) is 2.83. The van der Waals surface area contributed by atoms with E-state index < -0.39 is 12.0 Å². The lowest BCUT2D eigenvalue weighted by Crippen LogP contribution is -2.57. The number of ether oxygens (including phenoxy) is 1. The zero-order valence-corrected chi connectivity index (χ0v) is 10.6. The van der Waals surface area contributed by atoms with Crippen molar-refractivity contribution in [1.82, 2.24) is 15.5 Å². The highest BCUT2D eigenvalue weighted by atomic mass is 16.5. The van der Waals surface area contributed by atoms with Gasteiger partial charge in [-0.1, -0.05) is 0 Å². The minimum Gasteiger partial charge on any atom is -0.480 e. The van der Waals surface area contributed by atoms with Crippen molar-refractivity contribution in [3.05, 3.63) is 0 Å². The van der Waals surface area contributed by atoms with Gasteiger partial charge >= 0.3 is 5.97 Å². The Hall–Kier alpha value is -1.18. The molecule has 1 atom stereocenters. The van der Waals surface area contributed by atoms with Crippen LogP contribution in [0.1, 0.15) is 6.42 Å². The van der Waals surface area contributed by atoms with E-state index in [2.05, 4.69) is 10.6 Å². The third-order valence-electron chi connectivity index (χ3n) is 2.83. The first-order valence-electron chi connectivity index (χ1n) is 6.08. The van der Waals surface area contributed by atoms with Crippen LogP contribution in [0.15, 0.2) is 0 Å². The smallest absolute Gasteiger partial charge is 0.322 e. The maximum Gasteiger partial charge on any atom is 0.322 e. The van der Waals surface area contributed by atoms with Gasteiger partial charge in [0.15, 0.2) is 0 Å². The van der Waals surface area contributed by atoms with Crippen molar-refractivity contribution in [2.45, 2.75) is 12.5 Å². The van der Waals surface area contributed by atoms with Gasteiger partial charge in [-0.2, -0.15) is 0 Å². The number of nitrogens with zero attached hydrogens (tertiary/aromatic N) is 1. The molecule has 3 N–H and O–H groups in total. The first-order valence-corrected chi connectivity index (χ1v) is 6.08. The number of nitrogens with one attached hydrogen (secondary N) is 2. The Morgan fingerprint density at radius 3 is 3.00 bits per heavy atom. The van der Waals surface area contributed by atoms with Crippen molar-refractivity contribution in [2.24, 2.45) is 0 Å². The predicted molar refractivity (Wildman–Crippen MR) is 65.4 cm³/mol.